The third-order valence-corrected chi connectivity index (χ3v) is 2.87. The molecule has 0 aromatic heterocycles. The van der Waals surface area contributed by atoms with Gasteiger partial charge in [0.2, 0.25) is 5.91 Å². The number of hydrogen-bond donors (Lipinski definition) is 2. The van der Waals surface area contributed by atoms with Gasteiger partial charge in [0, 0.05) is 17.0 Å². The Kier molecular flexibility index (Phi) is 4.83. The summed E-state index contributed by atoms with van der Waals surface area (Å²) in [7, 11) is 0. The van der Waals surface area contributed by atoms with E-state index in [4.69, 9.17) is 5.73 Å². The normalized spacial score (nSPS) is 11.2. The van der Waals surface area contributed by atoms with Gasteiger partial charge in [0.05, 0.1) is 5.75 Å². The zero-order valence-corrected chi connectivity index (χ0v) is 10.5. The van der Waals surface area contributed by atoms with Crippen LogP contribution in [-0.4, -0.2) is 23.7 Å². The maximum absolute atomic E-state index is 11.5. The molecule has 0 bridgehead atoms. The Balaban J connectivity index is 2.26. The van der Waals surface area contributed by atoms with Crippen molar-refractivity contribution in [3.63, 3.8) is 0 Å². The number of thioether (sulfide) groups is 1. The molecular formula is C12H18N2OS. The number of hydrogen-bond acceptors (Lipinski definition) is 3. The minimum Gasteiger partial charge on any atom is -0.354 e. The van der Waals surface area contributed by atoms with Gasteiger partial charge in [0.15, 0.2) is 0 Å². The van der Waals surface area contributed by atoms with E-state index in [9.17, 15) is 4.79 Å². The fraction of sp³-hybridized carbons (Fsp3) is 0.417. The van der Waals surface area contributed by atoms with Crippen molar-refractivity contribution in [1.82, 2.24) is 5.32 Å². The Morgan fingerprint density at radius 3 is 2.56 bits per heavy atom. The number of amides is 1. The second-order valence-corrected chi connectivity index (χ2v) is 5.42. The summed E-state index contributed by atoms with van der Waals surface area (Å²) >= 11 is 1.53. The molecule has 3 nitrogen and oxygen atoms in total. The highest BCUT2D eigenvalue weighted by Crippen LogP contribution is 2.16. The summed E-state index contributed by atoms with van der Waals surface area (Å²) in [6, 6.07) is 9.86. The van der Waals surface area contributed by atoms with Crippen molar-refractivity contribution in [2.24, 2.45) is 5.73 Å². The summed E-state index contributed by atoms with van der Waals surface area (Å²) < 4.78 is 0. The quantitative estimate of drug-likeness (QED) is 0.767. The number of carbonyl (C=O) groups is 1. The summed E-state index contributed by atoms with van der Waals surface area (Å²) in [4.78, 5) is 12.6. The highest BCUT2D eigenvalue weighted by atomic mass is 32.2. The van der Waals surface area contributed by atoms with E-state index in [2.05, 4.69) is 5.32 Å². The topological polar surface area (TPSA) is 55.1 Å². The highest BCUT2D eigenvalue weighted by Gasteiger charge is 2.12. The molecule has 1 aromatic carbocycles. The van der Waals surface area contributed by atoms with Gasteiger partial charge < -0.3 is 11.1 Å². The molecule has 0 aliphatic rings. The van der Waals surface area contributed by atoms with Gasteiger partial charge in [-0.1, -0.05) is 18.2 Å². The third kappa shape index (κ3) is 5.78. The third-order valence-electron chi connectivity index (χ3n) is 1.85. The van der Waals surface area contributed by atoms with E-state index in [-0.39, 0.29) is 11.4 Å². The van der Waals surface area contributed by atoms with Gasteiger partial charge in [-0.15, -0.1) is 11.8 Å². The van der Waals surface area contributed by atoms with Gasteiger partial charge in [-0.2, -0.15) is 0 Å². The predicted molar refractivity (Wildman–Crippen MR) is 68.4 cm³/mol. The fourth-order valence-electron chi connectivity index (χ4n) is 1.04. The first-order chi connectivity index (χ1) is 7.47. The van der Waals surface area contributed by atoms with Crippen LogP contribution < -0.4 is 11.1 Å². The van der Waals surface area contributed by atoms with Crippen LogP contribution in [0.4, 0.5) is 0 Å². The summed E-state index contributed by atoms with van der Waals surface area (Å²) in [5, 5.41) is 2.81. The maximum Gasteiger partial charge on any atom is 0.230 e. The zero-order valence-electron chi connectivity index (χ0n) is 9.69. The van der Waals surface area contributed by atoms with Gasteiger partial charge in [0.1, 0.15) is 0 Å². The molecule has 88 valence electrons. The van der Waals surface area contributed by atoms with Crippen molar-refractivity contribution in [2.45, 2.75) is 24.3 Å². The van der Waals surface area contributed by atoms with Gasteiger partial charge in [0.25, 0.3) is 0 Å². The van der Waals surface area contributed by atoms with E-state index >= 15 is 0 Å². The number of rotatable bonds is 5. The minimum absolute atomic E-state index is 0.0207. The number of nitrogens with two attached hydrogens (primary N) is 1. The minimum atomic E-state index is -0.354. The molecule has 0 saturated carbocycles. The lowest BCUT2D eigenvalue weighted by molar-refractivity contribution is -0.118. The molecule has 0 unspecified atom stereocenters. The summed E-state index contributed by atoms with van der Waals surface area (Å²) in [6.45, 7) is 4.27. The van der Waals surface area contributed by atoms with E-state index in [1.807, 2.05) is 44.2 Å². The van der Waals surface area contributed by atoms with Crippen LogP contribution in [0, 0.1) is 0 Å². The van der Waals surface area contributed by atoms with Gasteiger partial charge >= 0.3 is 0 Å². The molecule has 0 fully saturated rings. The lowest BCUT2D eigenvalue weighted by Crippen LogP contribution is -2.45. The number of carbonyl (C=O) groups excluding carboxylic acids is 1. The summed E-state index contributed by atoms with van der Waals surface area (Å²) in [6.07, 6.45) is 0. The molecule has 0 aliphatic heterocycles. The van der Waals surface area contributed by atoms with Crippen LogP contribution in [0.25, 0.3) is 0 Å². The zero-order chi connectivity index (χ0) is 12.0. The molecule has 0 saturated heterocycles. The average molecular weight is 238 g/mol. The first-order valence-electron chi connectivity index (χ1n) is 5.21. The van der Waals surface area contributed by atoms with Crippen LogP contribution in [-0.2, 0) is 4.79 Å². The molecule has 1 rings (SSSR count). The van der Waals surface area contributed by atoms with E-state index in [0.717, 1.165) is 4.90 Å². The Labute approximate surface area is 101 Å². The number of nitrogens with one attached hydrogen (secondary N) is 1. The van der Waals surface area contributed by atoms with Gasteiger partial charge in [-0.3, -0.25) is 4.79 Å². The average Bonchev–Trinajstić information content (AvgIpc) is 2.24. The van der Waals surface area contributed by atoms with E-state index in [1.54, 1.807) is 0 Å². The van der Waals surface area contributed by atoms with Crippen molar-refractivity contribution >= 4 is 17.7 Å². The largest absolute Gasteiger partial charge is 0.354 e. The molecule has 16 heavy (non-hydrogen) atoms. The summed E-state index contributed by atoms with van der Waals surface area (Å²) in [5.41, 5.74) is 5.42. The van der Waals surface area contributed by atoms with Crippen LogP contribution >= 0.6 is 11.8 Å². The molecule has 4 heteroatoms. The molecule has 0 radical (unpaired) electrons. The maximum atomic E-state index is 11.5. The fourth-order valence-corrected chi connectivity index (χ4v) is 1.79. The predicted octanol–water partition coefficient (Wildman–Crippen LogP) is 1.63. The van der Waals surface area contributed by atoms with Crippen LogP contribution in [0.15, 0.2) is 35.2 Å². The second kappa shape index (κ2) is 5.92. The van der Waals surface area contributed by atoms with Crippen molar-refractivity contribution in [3.8, 4) is 0 Å². The summed E-state index contributed by atoms with van der Waals surface area (Å²) in [5.74, 6) is 0.451. The molecule has 0 atom stereocenters. The van der Waals surface area contributed by atoms with E-state index in [0.29, 0.717) is 12.3 Å². The van der Waals surface area contributed by atoms with Crippen LogP contribution in [0.5, 0.6) is 0 Å². The van der Waals surface area contributed by atoms with Crippen molar-refractivity contribution < 1.29 is 4.79 Å². The SMILES string of the molecule is CC(C)(N)CNC(=O)CSc1ccccc1. The van der Waals surface area contributed by atoms with Crippen LogP contribution in [0.2, 0.25) is 0 Å². The van der Waals surface area contributed by atoms with Crippen molar-refractivity contribution in [3.05, 3.63) is 30.3 Å². The van der Waals surface area contributed by atoms with Crippen molar-refractivity contribution in [1.29, 1.82) is 0 Å². The molecule has 0 aliphatic carbocycles. The molecule has 1 aromatic rings. The molecule has 0 spiro atoms. The molecule has 3 N–H and O–H groups in total. The van der Waals surface area contributed by atoms with Crippen LogP contribution in [0.1, 0.15) is 13.8 Å². The van der Waals surface area contributed by atoms with E-state index < -0.39 is 0 Å². The second-order valence-electron chi connectivity index (χ2n) is 4.37. The van der Waals surface area contributed by atoms with Crippen LogP contribution in [0.3, 0.4) is 0 Å². The monoisotopic (exact) mass is 238 g/mol. The molecule has 1 amide bonds. The smallest absolute Gasteiger partial charge is 0.230 e. The van der Waals surface area contributed by atoms with E-state index in [1.165, 1.54) is 11.8 Å². The standard InChI is InChI=1S/C12H18N2OS/c1-12(2,13)9-14-11(15)8-16-10-6-4-3-5-7-10/h3-7H,8-9,13H2,1-2H3,(H,14,15). The Morgan fingerprint density at radius 1 is 1.38 bits per heavy atom. The van der Waals surface area contributed by atoms with Gasteiger partial charge in [-0.25, -0.2) is 0 Å². The first kappa shape index (κ1) is 13.1. The lowest BCUT2D eigenvalue weighted by Gasteiger charge is -2.18. The molecule has 0 heterocycles. The Morgan fingerprint density at radius 2 is 2.00 bits per heavy atom. The van der Waals surface area contributed by atoms with Crippen molar-refractivity contribution in [2.75, 3.05) is 12.3 Å². The Hall–Kier alpha value is -1.00. The number of benzene rings is 1. The Bertz CT molecular complexity index is 333. The van der Waals surface area contributed by atoms with Gasteiger partial charge in [-0.05, 0) is 26.0 Å². The highest BCUT2D eigenvalue weighted by molar-refractivity contribution is 8.00. The lowest BCUT2D eigenvalue weighted by atomic mass is 10.1. The first-order valence-corrected chi connectivity index (χ1v) is 6.19. The molecular weight excluding hydrogens is 220 g/mol.